The first-order valence-corrected chi connectivity index (χ1v) is 8.27. The Labute approximate surface area is 124 Å². The van der Waals surface area contributed by atoms with E-state index in [1.807, 2.05) is 6.92 Å². The van der Waals surface area contributed by atoms with Gasteiger partial charge >= 0.3 is 6.18 Å². The maximum Gasteiger partial charge on any atom is 0.417 e. The summed E-state index contributed by atoms with van der Waals surface area (Å²) in [5, 5.41) is 0.289. The van der Waals surface area contributed by atoms with Gasteiger partial charge in [-0.1, -0.05) is 32.0 Å². The second-order valence-electron chi connectivity index (χ2n) is 4.78. The highest BCUT2D eigenvalue weighted by atomic mass is 32.2. The Hall–Kier alpha value is -0.620. The summed E-state index contributed by atoms with van der Waals surface area (Å²) in [6, 6.07) is 5.04. The zero-order chi connectivity index (χ0) is 14.9. The molecule has 3 unspecified atom stereocenters. The molecule has 1 nitrogen and oxygen atoms in total. The molecule has 110 valence electrons. The Morgan fingerprint density at radius 1 is 1.20 bits per heavy atom. The minimum Gasteiger partial charge on any atom is -0.293 e. The Balaban J connectivity index is 2.26. The first kappa shape index (κ1) is 15.8. The monoisotopic (exact) mass is 320 g/mol. The van der Waals surface area contributed by atoms with E-state index in [4.69, 9.17) is 0 Å². The lowest BCUT2D eigenvalue weighted by Gasteiger charge is -2.30. The molecule has 0 aromatic heterocycles. The Kier molecular flexibility index (Phi) is 4.74. The van der Waals surface area contributed by atoms with Crippen LogP contribution in [0.2, 0.25) is 0 Å². The highest BCUT2D eigenvalue weighted by molar-refractivity contribution is 8.08. The fraction of sp³-hybridized carbons (Fsp3) is 0.500. The number of Topliss-reactive ketones (excluding diaryl/α,β-unsaturated/α-hetero) is 1. The smallest absolute Gasteiger partial charge is 0.293 e. The molecule has 1 aromatic rings. The van der Waals surface area contributed by atoms with E-state index in [-0.39, 0.29) is 10.8 Å². The average molecular weight is 320 g/mol. The third-order valence-electron chi connectivity index (χ3n) is 3.34. The fourth-order valence-corrected chi connectivity index (χ4v) is 4.91. The van der Waals surface area contributed by atoms with Crippen molar-refractivity contribution in [3.63, 3.8) is 0 Å². The summed E-state index contributed by atoms with van der Waals surface area (Å²) in [5.41, 5.74) is -1.04. The van der Waals surface area contributed by atoms with E-state index in [0.29, 0.717) is 11.0 Å². The first-order chi connectivity index (χ1) is 9.30. The molecule has 2 rings (SSSR count). The Morgan fingerprint density at radius 2 is 1.85 bits per heavy atom. The van der Waals surface area contributed by atoms with Gasteiger partial charge in [0.05, 0.1) is 10.8 Å². The lowest BCUT2D eigenvalue weighted by Crippen LogP contribution is -2.32. The number of rotatable bonds is 2. The molecule has 0 bridgehead atoms. The van der Waals surface area contributed by atoms with Gasteiger partial charge in [0.25, 0.3) is 0 Å². The third-order valence-corrected chi connectivity index (χ3v) is 6.73. The number of ketones is 1. The number of carbonyl (C=O) groups is 1. The van der Waals surface area contributed by atoms with Gasteiger partial charge in [-0.2, -0.15) is 24.9 Å². The molecular formula is C14H15F3OS2. The maximum absolute atomic E-state index is 13.0. The van der Waals surface area contributed by atoms with Gasteiger partial charge in [-0.3, -0.25) is 4.79 Å². The molecule has 0 N–H and O–H groups in total. The second kappa shape index (κ2) is 6.02. The molecule has 0 radical (unpaired) electrons. The van der Waals surface area contributed by atoms with Gasteiger partial charge in [0.1, 0.15) is 0 Å². The lowest BCUT2D eigenvalue weighted by molar-refractivity contribution is -0.137. The molecule has 0 amide bonds. The summed E-state index contributed by atoms with van der Waals surface area (Å²) < 4.78 is 38.9. The van der Waals surface area contributed by atoms with E-state index in [2.05, 4.69) is 6.92 Å². The molecule has 1 heterocycles. The van der Waals surface area contributed by atoms with Gasteiger partial charge in [-0.25, -0.2) is 0 Å². The van der Waals surface area contributed by atoms with Crippen LogP contribution in [-0.2, 0) is 6.18 Å². The lowest BCUT2D eigenvalue weighted by atomic mass is 10.0. The quantitative estimate of drug-likeness (QED) is 0.746. The van der Waals surface area contributed by atoms with Crippen molar-refractivity contribution in [2.45, 2.75) is 35.8 Å². The molecule has 1 saturated heterocycles. The van der Waals surface area contributed by atoms with Crippen LogP contribution in [0.15, 0.2) is 24.3 Å². The van der Waals surface area contributed by atoms with Crippen molar-refractivity contribution in [3.05, 3.63) is 35.4 Å². The predicted octanol–water partition coefficient (Wildman–Crippen LogP) is 4.51. The van der Waals surface area contributed by atoms with Gasteiger partial charge in [0.2, 0.25) is 0 Å². The number of halogens is 3. The van der Waals surface area contributed by atoms with Gasteiger partial charge in [-0.05, 0) is 6.07 Å². The van der Waals surface area contributed by atoms with Crippen molar-refractivity contribution in [1.82, 2.24) is 0 Å². The molecule has 1 fully saturated rings. The van der Waals surface area contributed by atoms with Crippen molar-refractivity contribution >= 4 is 29.3 Å². The minimum absolute atomic E-state index is 0.208. The van der Waals surface area contributed by atoms with Crippen LogP contribution in [0, 0.1) is 0 Å². The largest absolute Gasteiger partial charge is 0.417 e. The summed E-state index contributed by atoms with van der Waals surface area (Å²) in [6.45, 7) is 4.09. The maximum atomic E-state index is 13.0. The molecule has 1 aromatic carbocycles. The summed E-state index contributed by atoms with van der Waals surface area (Å²) in [6.07, 6.45) is -4.49. The van der Waals surface area contributed by atoms with Crippen molar-refractivity contribution in [1.29, 1.82) is 0 Å². The topological polar surface area (TPSA) is 17.1 Å². The summed E-state index contributed by atoms with van der Waals surface area (Å²) in [4.78, 5) is 12.4. The molecule has 1 aliphatic heterocycles. The van der Waals surface area contributed by atoms with Crippen LogP contribution < -0.4 is 0 Å². The van der Waals surface area contributed by atoms with Gasteiger partial charge in [0.15, 0.2) is 5.78 Å². The van der Waals surface area contributed by atoms with Crippen LogP contribution in [0.1, 0.15) is 29.8 Å². The first-order valence-electron chi connectivity index (χ1n) is 6.28. The minimum atomic E-state index is -4.49. The Bertz CT molecular complexity index is 501. The fourth-order valence-electron chi connectivity index (χ4n) is 2.04. The van der Waals surface area contributed by atoms with Crippen LogP contribution in [0.4, 0.5) is 13.2 Å². The summed E-state index contributed by atoms with van der Waals surface area (Å²) in [5.74, 6) is 0.162. The number of carbonyl (C=O) groups excluding carboxylic acids is 1. The summed E-state index contributed by atoms with van der Waals surface area (Å²) >= 11 is 3.13. The number of hydrogen-bond donors (Lipinski definition) is 0. The van der Waals surface area contributed by atoms with E-state index >= 15 is 0 Å². The van der Waals surface area contributed by atoms with Crippen molar-refractivity contribution in [2.24, 2.45) is 0 Å². The van der Waals surface area contributed by atoms with Crippen LogP contribution >= 0.6 is 23.5 Å². The Morgan fingerprint density at radius 3 is 2.45 bits per heavy atom. The average Bonchev–Trinajstić information content (AvgIpc) is 2.40. The SMILES string of the molecule is CC1SCC(C(=O)c2ccccc2C(F)(F)F)SC1C. The van der Waals surface area contributed by atoms with E-state index in [0.717, 1.165) is 6.07 Å². The number of benzene rings is 1. The van der Waals surface area contributed by atoms with E-state index in [1.165, 1.54) is 30.0 Å². The molecule has 20 heavy (non-hydrogen) atoms. The predicted molar refractivity (Wildman–Crippen MR) is 78.5 cm³/mol. The van der Waals surface area contributed by atoms with E-state index in [9.17, 15) is 18.0 Å². The van der Waals surface area contributed by atoms with Crippen LogP contribution in [0.3, 0.4) is 0 Å². The molecule has 3 atom stereocenters. The summed E-state index contributed by atoms with van der Waals surface area (Å²) in [7, 11) is 0. The van der Waals surface area contributed by atoms with Crippen LogP contribution in [0.25, 0.3) is 0 Å². The molecule has 0 spiro atoms. The van der Waals surface area contributed by atoms with E-state index in [1.54, 1.807) is 11.8 Å². The second-order valence-corrected chi connectivity index (χ2v) is 7.77. The van der Waals surface area contributed by atoms with Crippen molar-refractivity contribution in [2.75, 3.05) is 5.75 Å². The van der Waals surface area contributed by atoms with Gasteiger partial charge in [0, 0.05) is 21.8 Å². The number of alkyl halides is 3. The van der Waals surface area contributed by atoms with Crippen LogP contribution in [0.5, 0.6) is 0 Å². The van der Waals surface area contributed by atoms with E-state index < -0.39 is 22.8 Å². The molecule has 0 aliphatic carbocycles. The van der Waals surface area contributed by atoms with Gasteiger partial charge < -0.3 is 0 Å². The number of hydrogen-bond acceptors (Lipinski definition) is 3. The molecular weight excluding hydrogens is 305 g/mol. The standard InChI is InChI=1S/C14H15F3OS2/c1-8-9(2)20-12(7-19-8)13(18)10-5-3-4-6-11(10)14(15,16)17/h3-6,8-9,12H,7H2,1-2H3. The molecule has 6 heteroatoms. The highest BCUT2D eigenvalue weighted by Crippen LogP contribution is 2.39. The zero-order valence-corrected chi connectivity index (χ0v) is 12.7. The van der Waals surface area contributed by atoms with Crippen molar-refractivity contribution < 1.29 is 18.0 Å². The highest BCUT2D eigenvalue weighted by Gasteiger charge is 2.38. The third kappa shape index (κ3) is 3.34. The molecule has 0 saturated carbocycles. The molecule has 1 aliphatic rings. The van der Waals surface area contributed by atoms with Gasteiger partial charge in [-0.15, -0.1) is 11.8 Å². The van der Waals surface area contributed by atoms with Crippen LogP contribution in [-0.4, -0.2) is 27.3 Å². The van der Waals surface area contributed by atoms with Crippen molar-refractivity contribution in [3.8, 4) is 0 Å². The normalized spacial score (nSPS) is 27.4. The number of thioether (sulfide) groups is 2. The zero-order valence-electron chi connectivity index (χ0n) is 11.1.